The molecule has 0 spiro atoms. The Balaban J connectivity index is 2.77. The number of allylic oxidation sites excluding steroid dienone is 1. The standard InChI is InChI=1S/C18H19N/c1-5-13(3)17-12-19-14(4)16(6-2)18(17)15-10-8-7-9-11-15/h6-12H,2-3,5H2,1,4H3. The summed E-state index contributed by atoms with van der Waals surface area (Å²) in [6.45, 7) is 12.2. The molecule has 0 atom stereocenters. The molecule has 0 radical (unpaired) electrons. The van der Waals surface area contributed by atoms with E-state index in [0.717, 1.165) is 28.8 Å². The van der Waals surface area contributed by atoms with Gasteiger partial charge in [-0.15, -0.1) is 0 Å². The van der Waals surface area contributed by atoms with E-state index in [9.17, 15) is 0 Å². The lowest BCUT2D eigenvalue weighted by Crippen LogP contribution is -1.97. The zero-order chi connectivity index (χ0) is 13.8. The summed E-state index contributed by atoms with van der Waals surface area (Å²) in [5.41, 5.74) is 6.70. The molecule has 0 amide bonds. The summed E-state index contributed by atoms with van der Waals surface area (Å²) in [5.74, 6) is 0. The molecule has 0 bridgehead atoms. The average molecular weight is 249 g/mol. The Morgan fingerprint density at radius 1 is 1.26 bits per heavy atom. The number of hydrogen-bond donors (Lipinski definition) is 0. The normalized spacial score (nSPS) is 10.2. The molecule has 0 saturated carbocycles. The van der Waals surface area contributed by atoms with Gasteiger partial charge in [0.05, 0.1) is 0 Å². The van der Waals surface area contributed by atoms with E-state index in [0.29, 0.717) is 0 Å². The van der Waals surface area contributed by atoms with E-state index in [1.807, 2.05) is 25.3 Å². The van der Waals surface area contributed by atoms with Crippen LogP contribution < -0.4 is 0 Å². The highest BCUT2D eigenvalue weighted by Crippen LogP contribution is 2.34. The molecule has 0 N–H and O–H groups in total. The van der Waals surface area contributed by atoms with Crippen molar-refractivity contribution in [3.63, 3.8) is 0 Å². The van der Waals surface area contributed by atoms with E-state index in [2.05, 4.69) is 49.3 Å². The topological polar surface area (TPSA) is 12.9 Å². The number of hydrogen-bond acceptors (Lipinski definition) is 1. The second-order valence-electron chi connectivity index (χ2n) is 4.57. The Bertz CT molecular complexity index is 609. The van der Waals surface area contributed by atoms with E-state index >= 15 is 0 Å². The van der Waals surface area contributed by atoms with Gasteiger partial charge in [-0.05, 0) is 30.0 Å². The van der Waals surface area contributed by atoms with Crippen LogP contribution in [0.4, 0.5) is 0 Å². The summed E-state index contributed by atoms with van der Waals surface area (Å²) in [4.78, 5) is 4.47. The van der Waals surface area contributed by atoms with E-state index in [1.165, 1.54) is 11.1 Å². The van der Waals surface area contributed by atoms with Gasteiger partial charge in [0.1, 0.15) is 0 Å². The van der Waals surface area contributed by atoms with Crippen LogP contribution in [0.1, 0.15) is 30.2 Å². The fourth-order valence-corrected chi connectivity index (χ4v) is 2.25. The SMILES string of the molecule is C=Cc1c(C)ncc(C(=C)CC)c1-c1ccccc1. The third-order valence-corrected chi connectivity index (χ3v) is 3.39. The van der Waals surface area contributed by atoms with Gasteiger partial charge in [0.2, 0.25) is 0 Å². The number of aromatic nitrogens is 1. The van der Waals surface area contributed by atoms with E-state index in [4.69, 9.17) is 0 Å². The van der Waals surface area contributed by atoms with Gasteiger partial charge < -0.3 is 0 Å². The maximum absolute atomic E-state index is 4.47. The molecule has 2 aromatic rings. The van der Waals surface area contributed by atoms with Crippen LogP contribution in [0, 0.1) is 6.92 Å². The van der Waals surface area contributed by atoms with Gasteiger partial charge in [0.15, 0.2) is 0 Å². The molecule has 0 unspecified atom stereocenters. The first kappa shape index (κ1) is 13.3. The van der Waals surface area contributed by atoms with Crippen LogP contribution in [-0.2, 0) is 0 Å². The van der Waals surface area contributed by atoms with Gasteiger partial charge in [-0.2, -0.15) is 0 Å². The highest BCUT2D eigenvalue weighted by atomic mass is 14.7. The Labute approximate surface area is 115 Å². The summed E-state index contributed by atoms with van der Waals surface area (Å²) in [5, 5.41) is 0. The second kappa shape index (κ2) is 5.66. The monoisotopic (exact) mass is 249 g/mol. The summed E-state index contributed by atoms with van der Waals surface area (Å²) < 4.78 is 0. The Morgan fingerprint density at radius 3 is 2.53 bits per heavy atom. The van der Waals surface area contributed by atoms with Crippen LogP contribution in [0.3, 0.4) is 0 Å². The van der Waals surface area contributed by atoms with Crippen molar-refractivity contribution in [1.82, 2.24) is 4.98 Å². The third-order valence-electron chi connectivity index (χ3n) is 3.39. The molecular weight excluding hydrogens is 230 g/mol. The van der Waals surface area contributed by atoms with Crippen molar-refractivity contribution in [2.24, 2.45) is 0 Å². The van der Waals surface area contributed by atoms with Crippen molar-refractivity contribution in [2.45, 2.75) is 20.3 Å². The van der Waals surface area contributed by atoms with Crippen LogP contribution in [0.5, 0.6) is 0 Å². The Morgan fingerprint density at radius 2 is 1.95 bits per heavy atom. The Kier molecular flexibility index (Phi) is 3.96. The zero-order valence-electron chi connectivity index (χ0n) is 11.6. The van der Waals surface area contributed by atoms with Crippen LogP contribution in [0.15, 0.2) is 49.7 Å². The molecule has 1 nitrogen and oxygen atoms in total. The zero-order valence-corrected chi connectivity index (χ0v) is 11.6. The van der Waals surface area contributed by atoms with Crippen molar-refractivity contribution in [3.05, 3.63) is 66.5 Å². The lowest BCUT2D eigenvalue weighted by molar-refractivity contribution is 1.16. The highest BCUT2D eigenvalue weighted by Gasteiger charge is 2.13. The highest BCUT2D eigenvalue weighted by molar-refractivity contribution is 5.86. The number of aryl methyl sites for hydroxylation is 1. The van der Waals surface area contributed by atoms with Gasteiger partial charge in [0.25, 0.3) is 0 Å². The number of pyridine rings is 1. The molecule has 0 aliphatic heterocycles. The van der Waals surface area contributed by atoms with Crippen molar-refractivity contribution in [2.75, 3.05) is 0 Å². The molecule has 0 saturated heterocycles. The summed E-state index contributed by atoms with van der Waals surface area (Å²) in [7, 11) is 0. The fourth-order valence-electron chi connectivity index (χ4n) is 2.25. The lowest BCUT2D eigenvalue weighted by atomic mass is 9.91. The maximum Gasteiger partial charge on any atom is 0.0451 e. The molecule has 0 fully saturated rings. The third kappa shape index (κ3) is 2.50. The van der Waals surface area contributed by atoms with Crippen molar-refractivity contribution < 1.29 is 0 Å². The predicted octanol–water partition coefficient (Wildman–Crippen LogP) is 5.12. The molecule has 0 aliphatic carbocycles. The molecule has 1 aromatic carbocycles. The van der Waals surface area contributed by atoms with Crippen LogP contribution in [0.25, 0.3) is 22.8 Å². The molecule has 96 valence electrons. The minimum Gasteiger partial charge on any atom is -0.260 e. The molecule has 2 rings (SSSR count). The van der Waals surface area contributed by atoms with E-state index in [1.54, 1.807) is 0 Å². The van der Waals surface area contributed by atoms with Gasteiger partial charge in [0, 0.05) is 23.0 Å². The minimum atomic E-state index is 0.918. The molecule has 1 aromatic heterocycles. The number of rotatable bonds is 4. The first-order valence-electron chi connectivity index (χ1n) is 6.54. The molecule has 19 heavy (non-hydrogen) atoms. The first-order chi connectivity index (χ1) is 9.19. The molecule has 1 heteroatoms. The lowest BCUT2D eigenvalue weighted by Gasteiger charge is -2.16. The van der Waals surface area contributed by atoms with Gasteiger partial charge >= 0.3 is 0 Å². The smallest absolute Gasteiger partial charge is 0.0451 e. The molecule has 0 aliphatic rings. The summed E-state index contributed by atoms with van der Waals surface area (Å²) in [6.07, 6.45) is 4.73. The maximum atomic E-state index is 4.47. The molecular formula is C18H19N. The fraction of sp³-hybridized carbons (Fsp3) is 0.167. The van der Waals surface area contributed by atoms with Crippen molar-refractivity contribution in [1.29, 1.82) is 0 Å². The largest absolute Gasteiger partial charge is 0.260 e. The van der Waals surface area contributed by atoms with Crippen LogP contribution >= 0.6 is 0 Å². The number of benzene rings is 1. The minimum absolute atomic E-state index is 0.918. The molecule has 1 heterocycles. The second-order valence-corrected chi connectivity index (χ2v) is 4.57. The van der Waals surface area contributed by atoms with Crippen LogP contribution in [-0.4, -0.2) is 4.98 Å². The predicted molar refractivity (Wildman–Crippen MR) is 83.8 cm³/mol. The summed E-state index contributed by atoms with van der Waals surface area (Å²) in [6, 6.07) is 10.4. The van der Waals surface area contributed by atoms with Crippen molar-refractivity contribution in [3.8, 4) is 11.1 Å². The van der Waals surface area contributed by atoms with Gasteiger partial charge in [-0.3, -0.25) is 4.98 Å². The van der Waals surface area contributed by atoms with Gasteiger partial charge in [-0.1, -0.05) is 56.5 Å². The van der Waals surface area contributed by atoms with E-state index in [-0.39, 0.29) is 0 Å². The quantitative estimate of drug-likeness (QED) is 0.732. The van der Waals surface area contributed by atoms with E-state index < -0.39 is 0 Å². The van der Waals surface area contributed by atoms with Crippen LogP contribution in [0.2, 0.25) is 0 Å². The Hall–Kier alpha value is -2.15. The number of nitrogens with zero attached hydrogens (tertiary/aromatic N) is 1. The average Bonchev–Trinajstić information content (AvgIpc) is 2.47. The first-order valence-corrected chi connectivity index (χ1v) is 6.54. The van der Waals surface area contributed by atoms with Crippen molar-refractivity contribution >= 4 is 11.6 Å². The van der Waals surface area contributed by atoms with Gasteiger partial charge in [-0.25, -0.2) is 0 Å². The summed E-state index contributed by atoms with van der Waals surface area (Å²) >= 11 is 0.